The van der Waals surface area contributed by atoms with Crippen LogP contribution in [0.3, 0.4) is 0 Å². The second-order valence-electron chi connectivity index (χ2n) is 8.09. The molecule has 8 heteroatoms. The molecule has 0 spiro atoms. The summed E-state index contributed by atoms with van der Waals surface area (Å²) in [5.41, 5.74) is 2.71. The number of benzene rings is 1. The third kappa shape index (κ3) is 3.24. The van der Waals surface area contributed by atoms with Gasteiger partial charge in [0.05, 0.1) is 27.9 Å². The van der Waals surface area contributed by atoms with Gasteiger partial charge < -0.3 is 19.3 Å². The van der Waals surface area contributed by atoms with Gasteiger partial charge in [-0.25, -0.2) is 4.79 Å². The van der Waals surface area contributed by atoms with Gasteiger partial charge in [0.25, 0.3) is 5.91 Å². The normalized spacial score (nSPS) is 20.2. The van der Waals surface area contributed by atoms with Gasteiger partial charge in [-0.2, -0.15) is 0 Å². The van der Waals surface area contributed by atoms with E-state index in [4.69, 9.17) is 11.6 Å². The van der Waals surface area contributed by atoms with Gasteiger partial charge in [0.15, 0.2) is 0 Å². The molecule has 0 N–H and O–H groups in total. The number of carbonyl (C=O) groups is 2. The highest BCUT2D eigenvalue weighted by Gasteiger charge is 2.47. The molecule has 154 valence electrons. The molecule has 3 heterocycles. The molecule has 1 unspecified atom stereocenters. The summed E-state index contributed by atoms with van der Waals surface area (Å²) < 4.78 is 3.08. The molecule has 0 radical (unpaired) electrons. The van der Waals surface area contributed by atoms with Crippen LogP contribution in [-0.2, 0) is 0 Å². The van der Waals surface area contributed by atoms with Crippen LogP contribution >= 0.6 is 27.5 Å². The molecular weight excluding hydrogens is 456 g/mol. The van der Waals surface area contributed by atoms with Gasteiger partial charge in [0.1, 0.15) is 0 Å². The number of hydrogen-bond acceptors (Lipinski definition) is 2. The fourth-order valence-corrected chi connectivity index (χ4v) is 5.48. The van der Waals surface area contributed by atoms with Crippen molar-refractivity contribution < 1.29 is 9.59 Å². The Kier molecular flexibility index (Phi) is 5.15. The SMILES string of the molecule is CC(C)n1c(Br)cc2c1C(c1ccc(Cl)cc1)N(C1CN(C)C(=O)N(C)C1)C2=O. The van der Waals surface area contributed by atoms with Crippen LogP contribution in [0.2, 0.25) is 5.02 Å². The lowest BCUT2D eigenvalue weighted by atomic mass is 10.0. The number of hydrogen-bond donors (Lipinski definition) is 0. The minimum Gasteiger partial charge on any atom is -0.334 e. The molecule has 1 saturated heterocycles. The largest absolute Gasteiger partial charge is 0.334 e. The summed E-state index contributed by atoms with van der Waals surface area (Å²) in [5, 5.41) is 0.660. The van der Waals surface area contributed by atoms with Crippen molar-refractivity contribution >= 4 is 39.5 Å². The zero-order valence-corrected chi connectivity index (χ0v) is 19.2. The van der Waals surface area contributed by atoms with Crippen molar-refractivity contribution in [1.82, 2.24) is 19.3 Å². The van der Waals surface area contributed by atoms with E-state index in [-0.39, 0.29) is 30.1 Å². The number of fused-ring (bicyclic) bond motifs is 1. The minimum absolute atomic E-state index is 0.00111. The van der Waals surface area contributed by atoms with E-state index in [0.29, 0.717) is 23.7 Å². The van der Waals surface area contributed by atoms with Crippen LogP contribution < -0.4 is 0 Å². The first-order valence-corrected chi connectivity index (χ1v) is 10.8. The van der Waals surface area contributed by atoms with Crippen LogP contribution in [0.25, 0.3) is 0 Å². The molecule has 4 rings (SSSR count). The van der Waals surface area contributed by atoms with Gasteiger partial charge in [0, 0.05) is 38.2 Å². The van der Waals surface area contributed by atoms with E-state index in [1.54, 1.807) is 23.9 Å². The lowest BCUT2D eigenvalue weighted by Crippen LogP contribution is -2.59. The number of carbonyl (C=O) groups excluding carboxylic acids is 2. The molecule has 0 saturated carbocycles. The van der Waals surface area contributed by atoms with Gasteiger partial charge in [-0.3, -0.25) is 4.79 Å². The quantitative estimate of drug-likeness (QED) is 0.655. The maximum absolute atomic E-state index is 13.6. The molecule has 1 aromatic heterocycles. The van der Waals surface area contributed by atoms with Crippen molar-refractivity contribution in [2.45, 2.75) is 32.0 Å². The summed E-state index contributed by atoms with van der Waals surface area (Å²) in [6, 6.07) is 9.42. The second kappa shape index (κ2) is 7.36. The van der Waals surface area contributed by atoms with Gasteiger partial charge in [-0.1, -0.05) is 23.7 Å². The van der Waals surface area contributed by atoms with Crippen LogP contribution in [-0.4, -0.2) is 64.4 Å². The van der Waals surface area contributed by atoms with Crippen molar-refractivity contribution in [3.63, 3.8) is 0 Å². The highest BCUT2D eigenvalue weighted by Crippen LogP contribution is 2.44. The first-order valence-electron chi connectivity index (χ1n) is 9.65. The Balaban J connectivity index is 1.85. The first kappa shape index (κ1) is 20.3. The lowest BCUT2D eigenvalue weighted by Gasteiger charge is -2.43. The van der Waals surface area contributed by atoms with E-state index in [0.717, 1.165) is 15.9 Å². The molecule has 0 bridgehead atoms. The highest BCUT2D eigenvalue weighted by molar-refractivity contribution is 9.10. The molecule has 2 aliphatic heterocycles. The smallest absolute Gasteiger partial charge is 0.319 e. The highest BCUT2D eigenvalue weighted by atomic mass is 79.9. The Morgan fingerprint density at radius 2 is 1.66 bits per heavy atom. The zero-order chi connectivity index (χ0) is 21.0. The number of aromatic nitrogens is 1. The van der Waals surface area contributed by atoms with E-state index < -0.39 is 0 Å². The fourth-order valence-electron chi connectivity index (χ4n) is 4.52. The van der Waals surface area contributed by atoms with Gasteiger partial charge in [0.2, 0.25) is 0 Å². The van der Waals surface area contributed by atoms with Crippen molar-refractivity contribution in [2.24, 2.45) is 0 Å². The number of likely N-dealkylation sites (N-methyl/N-ethyl adjacent to an activating group) is 2. The number of halogens is 2. The Bertz CT molecular complexity index is 958. The molecule has 29 heavy (non-hydrogen) atoms. The van der Waals surface area contributed by atoms with E-state index in [2.05, 4.69) is 34.3 Å². The second-order valence-corrected chi connectivity index (χ2v) is 9.34. The molecule has 6 nitrogen and oxygen atoms in total. The molecule has 1 fully saturated rings. The monoisotopic (exact) mass is 478 g/mol. The van der Waals surface area contributed by atoms with Gasteiger partial charge in [-0.15, -0.1) is 0 Å². The summed E-state index contributed by atoms with van der Waals surface area (Å²) in [6.45, 7) is 5.23. The third-order valence-corrected chi connectivity index (χ3v) is 6.61. The van der Waals surface area contributed by atoms with E-state index in [9.17, 15) is 9.59 Å². The number of amides is 3. The summed E-state index contributed by atoms with van der Waals surface area (Å²) in [7, 11) is 3.56. The van der Waals surface area contributed by atoms with E-state index >= 15 is 0 Å². The molecule has 1 atom stereocenters. The predicted molar refractivity (Wildman–Crippen MR) is 116 cm³/mol. The topological polar surface area (TPSA) is 48.8 Å². The van der Waals surface area contributed by atoms with Crippen LogP contribution in [0.5, 0.6) is 0 Å². The Morgan fingerprint density at radius 3 is 2.21 bits per heavy atom. The van der Waals surface area contributed by atoms with E-state index in [1.165, 1.54) is 0 Å². The maximum Gasteiger partial charge on any atom is 0.319 e. The summed E-state index contributed by atoms with van der Waals surface area (Å²) >= 11 is 9.76. The molecule has 2 aromatic rings. The average Bonchev–Trinajstić information content (AvgIpc) is 3.13. The summed E-state index contributed by atoms with van der Waals surface area (Å²) in [5.74, 6) is 0.00111. The number of rotatable bonds is 3. The standard InChI is InChI=1S/C21H24BrClN4O2/c1-12(2)26-17(22)9-16-19(26)18(13-5-7-14(23)8-6-13)27(20(16)28)15-10-24(3)21(29)25(4)11-15/h5-9,12,15,18H,10-11H2,1-4H3. The van der Waals surface area contributed by atoms with Gasteiger partial charge >= 0.3 is 6.03 Å². The Hall–Kier alpha value is -1.99. The van der Waals surface area contributed by atoms with Crippen molar-refractivity contribution in [1.29, 1.82) is 0 Å². The van der Waals surface area contributed by atoms with Crippen LogP contribution in [0, 0.1) is 0 Å². The maximum atomic E-state index is 13.6. The van der Waals surface area contributed by atoms with Crippen molar-refractivity contribution in [2.75, 3.05) is 27.2 Å². The Labute approximate surface area is 184 Å². The minimum atomic E-state index is -0.233. The van der Waals surface area contributed by atoms with Crippen molar-refractivity contribution in [3.05, 3.63) is 56.8 Å². The Morgan fingerprint density at radius 1 is 1.07 bits per heavy atom. The van der Waals surface area contributed by atoms with Crippen LogP contribution in [0.15, 0.2) is 34.9 Å². The molecular formula is C21H24BrClN4O2. The number of nitrogens with zero attached hydrogens (tertiary/aromatic N) is 4. The molecule has 3 amide bonds. The summed E-state index contributed by atoms with van der Waals surface area (Å²) in [6.07, 6.45) is 0. The third-order valence-electron chi connectivity index (χ3n) is 5.75. The zero-order valence-electron chi connectivity index (χ0n) is 16.9. The van der Waals surface area contributed by atoms with E-state index in [1.807, 2.05) is 35.2 Å². The average molecular weight is 480 g/mol. The first-order chi connectivity index (χ1) is 13.7. The lowest BCUT2D eigenvalue weighted by molar-refractivity contribution is 0.0484. The van der Waals surface area contributed by atoms with Gasteiger partial charge in [-0.05, 0) is 53.5 Å². The molecule has 2 aliphatic rings. The van der Waals surface area contributed by atoms with Crippen LogP contribution in [0.4, 0.5) is 4.79 Å². The molecule has 0 aliphatic carbocycles. The van der Waals surface area contributed by atoms with Crippen LogP contribution in [0.1, 0.15) is 47.5 Å². The van der Waals surface area contributed by atoms with Crippen molar-refractivity contribution in [3.8, 4) is 0 Å². The fraction of sp³-hybridized carbons (Fsp3) is 0.429. The molecule has 1 aromatic carbocycles. The summed E-state index contributed by atoms with van der Waals surface area (Å²) in [4.78, 5) is 31.1. The predicted octanol–water partition coefficient (Wildman–Crippen LogP) is 4.40. The number of urea groups is 1.